The van der Waals surface area contributed by atoms with E-state index in [1.165, 1.54) is 0 Å². The summed E-state index contributed by atoms with van der Waals surface area (Å²) in [6.07, 6.45) is -0.333. The van der Waals surface area contributed by atoms with E-state index >= 15 is 0 Å². The summed E-state index contributed by atoms with van der Waals surface area (Å²) in [7, 11) is 0. The van der Waals surface area contributed by atoms with Crippen molar-refractivity contribution < 1.29 is 9.90 Å². The fourth-order valence-electron chi connectivity index (χ4n) is 1.11. The van der Waals surface area contributed by atoms with Gasteiger partial charge in [-0.15, -0.1) is 11.6 Å². The minimum atomic E-state index is -0.498. The summed E-state index contributed by atoms with van der Waals surface area (Å²) >= 11 is 5.64. The number of likely N-dealkylation sites (tertiary alicyclic amines) is 1. The van der Waals surface area contributed by atoms with Crippen LogP contribution in [0.4, 0.5) is 0 Å². The second kappa shape index (κ2) is 3.23. The molecule has 0 atom stereocenters. The minimum absolute atomic E-state index is 0.0304. The first-order valence-electron chi connectivity index (χ1n) is 4.01. The highest BCUT2D eigenvalue weighted by molar-refractivity contribution is 6.19. The highest BCUT2D eigenvalue weighted by Gasteiger charge is 2.37. The van der Waals surface area contributed by atoms with Crippen molar-refractivity contribution in [1.82, 2.24) is 4.90 Å². The summed E-state index contributed by atoms with van der Waals surface area (Å²) in [4.78, 5) is 13.2. The molecule has 0 saturated carbocycles. The van der Waals surface area contributed by atoms with Crippen molar-refractivity contribution in [3.8, 4) is 0 Å². The average Bonchev–Trinajstić information content (AvgIpc) is 1.97. The molecule has 1 rings (SSSR count). The van der Waals surface area contributed by atoms with Crippen molar-refractivity contribution >= 4 is 17.5 Å². The maximum absolute atomic E-state index is 11.6. The topological polar surface area (TPSA) is 40.5 Å². The number of carbonyl (C=O) groups is 1. The van der Waals surface area contributed by atoms with Gasteiger partial charge in [0.05, 0.1) is 11.5 Å². The fourth-order valence-corrected chi connectivity index (χ4v) is 1.22. The predicted octanol–water partition coefficient (Wildman–Crippen LogP) is 0.454. The molecular weight excluding hydrogens is 178 g/mol. The van der Waals surface area contributed by atoms with E-state index < -0.39 is 5.41 Å². The van der Waals surface area contributed by atoms with Gasteiger partial charge in [-0.2, -0.15) is 0 Å². The van der Waals surface area contributed by atoms with E-state index in [2.05, 4.69) is 0 Å². The molecule has 1 amide bonds. The Morgan fingerprint density at radius 2 is 2.17 bits per heavy atom. The van der Waals surface area contributed by atoms with Crippen LogP contribution in [0.5, 0.6) is 0 Å². The summed E-state index contributed by atoms with van der Waals surface area (Å²) in [5, 5.41) is 8.98. The normalized spacial score (nSPS) is 19.2. The van der Waals surface area contributed by atoms with Crippen LogP contribution in [0, 0.1) is 5.41 Å². The molecule has 0 spiro atoms. The molecule has 0 aromatic heterocycles. The Hall–Kier alpha value is -0.280. The molecular formula is C8H14ClNO2. The lowest BCUT2D eigenvalue weighted by Crippen LogP contribution is -2.57. The van der Waals surface area contributed by atoms with Gasteiger partial charge >= 0.3 is 0 Å². The predicted molar refractivity (Wildman–Crippen MR) is 47.1 cm³/mol. The van der Waals surface area contributed by atoms with Crippen LogP contribution in [0.25, 0.3) is 0 Å². The number of aliphatic hydroxyl groups is 1. The SMILES string of the molecule is CC(C)(CCl)C(=O)N1CC(O)C1. The standard InChI is InChI=1S/C8H14ClNO2/c1-8(2,5-9)7(12)10-3-6(11)4-10/h6,11H,3-5H2,1-2H3. The molecule has 3 nitrogen and oxygen atoms in total. The molecule has 0 aliphatic carbocycles. The molecule has 12 heavy (non-hydrogen) atoms. The summed E-state index contributed by atoms with van der Waals surface area (Å²) in [5.41, 5.74) is -0.498. The molecule has 4 heteroatoms. The second-order valence-electron chi connectivity index (χ2n) is 3.88. The van der Waals surface area contributed by atoms with Gasteiger partial charge in [0.15, 0.2) is 0 Å². The van der Waals surface area contributed by atoms with Gasteiger partial charge in [-0.1, -0.05) is 0 Å². The fraction of sp³-hybridized carbons (Fsp3) is 0.875. The molecule has 1 fully saturated rings. The maximum Gasteiger partial charge on any atom is 0.229 e. The Morgan fingerprint density at radius 3 is 2.50 bits per heavy atom. The molecule has 0 aromatic carbocycles. The van der Waals surface area contributed by atoms with Gasteiger partial charge in [-0.3, -0.25) is 4.79 Å². The van der Waals surface area contributed by atoms with Crippen LogP contribution in [0.15, 0.2) is 0 Å². The van der Waals surface area contributed by atoms with Crippen LogP contribution in [0.3, 0.4) is 0 Å². The zero-order chi connectivity index (χ0) is 9.35. The van der Waals surface area contributed by atoms with Crippen LogP contribution >= 0.6 is 11.6 Å². The molecule has 1 saturated heterocycles. The number of β-amino-alcohol motifs (C(OH)–C–C–N with tert-alkyl or cyclic N) is 1. The van der Waals surface area contributed by atoms with E-state index in [0.717, 1.165) is 0 Å². The van der Waals surface area contributed by atoms with Crippen LogP contribution in [-0.4, -0.2) is 41.0 Å². The number of aliphatic hydroxyl groups excluding tert-OH is 1. The average molecular weight is 192 g/mol. The monoisotopic (exact) mass is 191 g/mol. The third-order valence-electron chi connectivity index (χ3n) is 2.06. The molecule has 1 aliphatic heterocycles. The summed E-state index contributed by atoms with van der Waals surface area (Å²) in [5.74, 6) is 0.348. The Morgan fingerprint density at radius 1 is 1.67 bits per heavy atom. The number of nitrogens with zero attached hydrogens (tertiary/aromatic N) is 1. The van der Waals surface area contributed by atoms with Gasteiger partial charge in [0.2, 0.25) is 5.91 Å². The highest BCUT2D eigenvalue weighted by atomic mass is 35.5. The van der Waals surface area contributed by atoms with Crippen molar-refractivity contribution in [2.24, 2.45) is 5.41 Å². The molecule has 1 aliphatic rings. The third kappa shape index (κ3) is 1.72. The highest BCUT2D eigenvalue weighted by Crippen LogP contribution is 2.23. The zero-order valence-corrected chi connectivity index (χ0v) is 8.14. The van der Waals surface area contributed by atoms with Gasteiger partial charge in [0.25, 0.3) is 0 Å². The van der Waals surface area contributed by atoms with Crippen LogP contribution in [0.1, 0.15) is 13.8 Å². The van der Waals surface area contributed by atoms with E-state index in [4.69, 9.17) is 16.7 Å². The minimum Gasteiger partial charge on any atom is -0.389 e. The Bertz CT molecular complexity index is 187. The van der Waals surface area contributed by atoms with E-state index in [-0.39, 0.29) is 12.0 Å². The van der Waals surface area contributed by atoms with E-state index in [9.17, 15) is 4.79 Å². The lowest BCUT2D eigenvalue weighted by Gasteiger charge is -2.40. The van der Waals surface area contributed by atoms with Gasteiger partial charge in [0, 0.05) is 19.0 Å². The Labute approximate surface area is 77.3 Å². The summed E-state index contributed by atoms with van der Waals surface area (Å²) in [6, 6.07) is 0. The lowest BCUT2D eigenvalue weighted by atomic mass is 9.92. The number of hydrogen-bond acceptors (Lipinski definition) is 2. The lowest BCUT2D eigenvalue weighted by molar-refractivity contribution is -0.149. The van der Waals surface area contributed by atoms with Crippen molar-refractivity contribution in [1.29, 1.82) is 0 Å². The first-order valence-corrected chi connectivity index (χ1v) is 4.54. The number of halogens is 1. The van der Waals surface area contributed by atoms with Crippen molar-refractivity contribution in [3.63, 3.8) is 0 Å². The van der Waals surface area contributed by atoms with Gasteiger partial charge in [-0.05, 0) is 13.8 Å². The Balaban J connectivity index is 2.48. The first-order chi connectivity index (χ1) is 5.47. The molecule has 1 N–H and O–H groups in total. The van der Waals surface area contributed by atoms with E-state index in [0.29, 0.717) is 19.0 Å². The largest absolute Gasteiger partial charge is 0.389 e. The first kappa shape index (κ1) is 9.81. The van der Waals surface area contributed by atoms with Crippen molar-refractivity contribution in [2.75, 3.05) is 19.0 Å². The summed E-state index contributed by atoms with van der Waals surface area (Å²) in [6.45, 7) is 4.54. The van der Waals surface area contributed by atoms with Crippen LogP contribution in [-0.2, 0) is 4.79 Å². The number of hydrogen-bond donors (Lipinski definition) is 1. The molecule has 0 radical (unpaired) electrons. The molecule has 0 bridgehead atoms. The zero-order valence-electron chi connectivity index (χ0n) is 7.38. The number of alkyl halides is 1. The van der Waals surface area contributed by atoms with Gasteiger partial charge in [0.1, 0.15) is 0 Å². The van der Waals surface area contributed by atoms with Crippen molar-refractivity contribution in [2.45, 2.75) is 20.0 Å². The number of amides is 1. The number of rotatable bonds is 2. The quantitative estimate of drug-likeness (QED) is 0.645. The Kier molecular flexibility index (Phi) is 2.64. The van der Waals surface area contributed by atoms with Gasteiger partial charge < -0.3 is 10.0 Å². The van der Waals surface area contributed by atoms with Crippen LogP contribution < -0.4 is 0 Å². The molecule has 0 aromatic rings. The maximum atomic E-state index is 11.6. The van der Waals surface area contributed by atoms with Crippen molar-refractivity contribution in [3.05, 3.63) is 0 Å². The molecule has 0 unspecified atom stereocenters. The molecule has 70 valence electrons. The van der Waals surface area contributed by atoms with Gasteiger partial charge in [-0.25, -0.2) is 0 Å². The number of carbonyl (C=O) groups excluding carboxylic acids is 1. The van der Waals surface area contributed by atoms with E-state index in [1.807, 2.05) is 13.8 Å². The second-order valence-corrected chi connectivity index (χ2v) is 4.15. The summed E-state index contributed by atoms with van der Waals surface area (Å²) < 4.78 is 0. The van der Waals surface area contributed by atoms with Crippen LogP contribution in [0.2, 0.25) is 0 Å². The third-order valence-corrected chi connectivity index (χ3v) is 2.73. The van der Waals surface area contributed by atoms with E-state index in [1.54, 1.807) is 4.90 Å². The molecule has 1 heterocycles. The smallest absolute Gasteiger partial charge is 0.229 e.